The van der Waals surface area contributed by atoms with Gasteiger partial charge in [-0.2, -0.15) is 12.6 Å². The minimum atomic E-state index is -1.18. The van der Waals surface area contributed by atoms with Crippen molar-refractivity contribution in [1.29, 1.82) is 0 Å². The number of carboxylic acid groups (broad SMARTS) is 1. The molecule has 4 unspecified atom stereocenters. The van der Waals surface area contributed by atoms with E-state index in [2.05, 4.69) is 23.3 Å². The zero-order valence-electron chi connectivity index (χ0n) is 16.1. The molecular weight excluding hydrogens is 388 g/mol. The standard InChI is InChI=1S/C17H30N4O6S/c1-9(2)6-11(16(25)21-5-3-4-13(21)17(26)27)19-15(24)12(8-28)20-14(23)10(18)7-22/h9-13,22,28H,3-8,18H2,1-2H3,(H,19,24)(H,20,23)(H,26,27). The fraction of sp³-hybridized carbons (Fsp3) is 0.765. The molecule has 11 heteroatoms. The van der Waals surface area contributed by atoms with E-state index in [1.165, 1.54) is 4.90 Å². The number of aliphatic hydroxyl groups excluding tert-OH is 1. The maximum atomic E-state index is 12.9. The van der Waals surface area contributed by atoms with E-state index in [0.717, 1.165) is 0 Å². The molecule has 6 N–H and O–H groups in total. The van der Waals surface area contributed by atoms with Gasteiger partial charge in [-0.25, -0.2) is 4.79 Å². The zero-order chi connectivity index (χ0) is 21.4. The van der Waals surface area contributed by atoms with Crippen molar-refractivity contribution in [3.63, 3.8) is 0 Å². The Kier molecular flexibility index (Phi) is 9.70. The second-order valence-corrected chi connectivity index (χ2v) is 7.62. The lowest BCUT2D eigenvalue weighted by atomic mass is 10.0. The predicted octanol–water partition coefficient (Wildman–Crippen LogP) is -1.67. The first kappa shape index (κ1) is 24.2. The minimum Gasteiger partial charge on any atom is -0.480 e. The van der Waals surface area contributed by atoms with Gasteiger partial charge < -0.3 is 31.5 Å². The smallest absolute Gasteiger partial charge is 0.326 e. The number of thiol groups is 1. The quantitative estimate of drug-likeness (QED) is 0.231. The third-order valence-corrected chi connectivity index (χ3v) is 4.86. The summed E-state index contributed by atoms with van der Waals surface area (Å²) in [5, 5.41) is 23.2. The lowest BCUT2D eigenvalue weighted by molar-refractivity contribution is -0.149. The van der Waals surface area contributed by atoms with Crippen LogP contribution in [0.5, 0.6) is 0 Å². The highest BCUT2D eigenvalue weighted by molar-refractivity contribution is 7.80. The Balaban J connectivity index is 2.89. The number of rotatable bonds is 10. The number of carbonyl (C=O) groups is 4. The van der Waals surface area contributed by atoms with Crippen molar-refractivity contribution in [3.05, 3.63) is 0 Å². The number of amides is 3. The normalized spacial score (nSPS) is 19.8. The highest BCUT2D eigenvalue weighted by Gasteiger charge is 2.38. The summed E-state index contributed by atoms with van der Waals surface area (Å²) in [5.41, 5.74) is 5.43. The SMILES string of the molecule is CC(C)CC(NC(=O)C(CS)NC(=O)C(N)CO)C(=O)N1CCCC1C(=O)O. The molecule has 0 saturated carbocycles. The number of hydrogen-bond acceptors (Lipinski definition) is 7. The molecule has 28 heavy (non-hydrogen) atoms. The van der Waals surface area contributed by atoms with Crippen molar-refractivity contribution >= 4 is 36.3 Å². The van der Waals surface area contributed by atoms with Crippen LogP contribution in [-0.4, -0.2) is 81.9 Å². The van der Waals surface area contributed by atoms with Crippen LogP contribution in [0.2, 0.25) is 0 Å². The molecule has 0 aliphatic carbocycles. The lowest BCUT2D eigenvalue weighted by Gasteiger charge is -2.29. The first-order valence-corrected chi connectivity index (χ1v) is 9.86. The van der Waals surface area contributed by atoms with Gasteiger partial charge >= 0.3 is 5.97 Å². The Morgan fingerprint density at radius 2 is 1.79 bits per heavy atom. The van der Waals surface area contributed by atoms with E-state index in [-0.39, 0.29) is 11.7 Å². The molecule has 0 aromatic rings. The Morgan fingerprint density at radius 3 is 2.29 bits per heavy atom. The van der Waals surface area contributed by atoms with Gasteiger partial charge in [-0.15, -0.1) is 0 Å². The monoisotopic (exact) mass is 418 g/mol. The number of aliphatic carboxylic acids is 1. The van der Waals surface area contributed by atoms with Gasteiger partial charge in [0.05, 0.1) is 6.61 Å². The first-order valence-electron chi connectivity index (χ1n) is 9.23. The molecule has 0 spiro atoms. The van der Waals surface area contributed by atoms with Crippen molar-refractivity contribution in [2.45, 2.75) is 57.3 Å². The Bertz CT molecular complexity index is 588. The molecule has 0 bridgehead atoms. The molecule has 0 aromatic carbocycles. The number of hydrogen-bond donors (Lipinski definition) is 6. The fourth-order valence-corrected chi connectivity index (χ4v) is 3.27. The maximum Gasteiger partial charge on any atom is 0.326 e. The number of carbonyl (C=O) groups excluding carboxylic acids is 3. The minimum absolute atomic E-state index is 0.0419. The molecule has 1 fully saturated rings. The van der Waals surface area contributed by atoms with Gasteiger partial charge in [-0.05, 0) is 25.2 Å². The predicted molar refractivity (Wildman–Crippen MR) is 105 cm³/mol. The number of nitrogens with zero attached hydrogens (tertiary/aromatic N) is 1. The molecule has 3 amide bonds. The molecular formula is C17H30N4O6S. The van der Waals surface area contributed by atoms with Crippen molar-refractivity contribution < 1.29 is 29.4 Å². The van der Waals surface area contributed by atoms with Gasteiger partial charge in [-0.3, -0.25) is 14.4 Å². The van der Waals surface area contributed by atoms with Crippen LogP contribution in [0, 0.1) is 5.92 Å². The molecule has 1 saturated heterocycles. The van der Waals surface area contributed by atoms with Crippen molar-refractivity contribution in [2.75, 3.05) is 18.9 Å². The second kappa shape index (κ2) is 11.2. The molecule has 0 radical (unpaired) electrons. The lowest BCUT2D eigenvalue weighted by Crippen LogP contribution is -2.58. The summed E-state index contributed by atoms with van der Waals surface area (Å²) < 4.78 is 0. The van der Waals surface area contributed by atoms with Crippen LogP contribution in [-0.2, 0) is 19.2 Å². The fourth-order valence-electron chi connectivity index (χ4n) is 3.01. The highest BCUT2D eigenvalue weighted by Crippen LogP contribution is 2.20. The topological polar surface area (TPSA) is 162 Å². The number of likely N-dealkylation sites (tertiary alicyclic amines) is 1. The van der Waals surface area contributed by atoms with Crippen LogP contribution in [0.15, 0.2) is 0 Å². The van der Waals surface area contributed by atoms with E-state index >= 15 is 0 Å². The third-order valence-electron chi connectivity index (χ3n) is 4.49. The van der Waals surface area contributed by atoms with Gasteiger partial charge in [0.25, 0.3) is 0 Å². The average Bonchev–Trinajstić information content (AvgIpc) is 3.13. The van der Waals surface area contributed by atoms with Crippen LogP contribution >= 0.6 is 12.6 Å². The van der Waals surface area contributed by atoms with Crippen molar-refractivity contribution in [3.8, 4) is 0 Å². The van der Waals surface area contributed by atoms with E-state index in [1.807, 2.05) is 13.8 Å². The first-order chi connectivity index (χ1) is 13.1. The van der Waals surface area contributed by atoms with Crippen molar-refractivity contribution in [1.82, 2.24) is 15.5 Å². The molecule has 160 valence electrons. The van der Waals surface area contributed by atoms with Gasteiger partial charge in [-0.1, -0.05) is 13.8 Å². The summed E-state index contributed by atoms with van der Waals surface area (Å²) in [6, 6.07) is -4.05. The molecule has 1 aliphatic rings. The maximum absolute atomic E-state index is 12.9. The van der Waals surface area contributed by atoms with Gasteiger partial charge in [0.15, 0.2) is 0 Å². The number of aliphatic hydroxyl groups is 1. The van der Waals surface area contributed by atoms with E-state index in [1.54, 1.807) is 0 Å². The molecule has 10 nitrogen and oxygen atoms in total. The summed E-state index contributed by atoms with van der Waals surface area (Å²) in [4.78, 5) is 50.0. The number of nitrogens with one attached hydrogen (secondary N) is 2. The summed E-state index contributed by atoms with van der Waals surface area (Å²) in [5.74, 6) is -2.85. The van der Waals surface area contributed by atoms with E-state index < -0.39 is 54.5 Å². The summed E-state index contributed by atoms with van der Waals surface area (Å²) in [7, 11) is 0. The number of nitrogens with two attached hydrogens (primary N) is 1. The van der Waals surface area contributed by atoms with Crippen LogP contribution in [0.1, 0.15) is 33.1 Å². The molecule has 1 aliphatic heterocycles. The van der Waals surface area contributed by atoms with Crippen LogP contribution < -0.4 is 16.4 Å². The van der Waals surface area contributed by atoms with E-state index in [4.69, 9.17) is 10.8 Å². The van der Waals surface area contributed by atoms with Gasteiger partial charge in [0.1, 0.15) is 24.2 Å². The Labute approximate surface area is 169 Å². The second-order valence-electron chi connectivity index (χ2n) is 7.25. The Morgan fingerprint density at radius 1 is 1.18 bits per heavy atom. The van der Waals surface area contributed by atoms with Crippen LogP contribution in [0.4, 0.5) is 0 Å². The highest BCUT2D eigenvalue weighted by atomic mass is 32.1. The summed E-state index contributed by atoms with van der Waals surface area (Å²) >= 11 is 4.05. The molecule has 1 heterocycles. The van der Waals surface area contributed by atoms with Crippen LogP contribution in [0.25, 0.3) is 0 Å². The van der Waals surface area contributed by atoms with Gasteiger partial charge in [0, 0.05) is 12.3 Å². The van der Waals surface area contributed by atoms with E-state index in [0.29, 0.717) is 25.8 Å². The Hall–Kier alpha value is -1.85. The number of carboxylic acids is 1. The van der Waals surface area contributed by atoms with Crippen LogP contribution in [0.3, 0.4) is 0 Å². The van der Waals surface area contributed by atoms with Crippen molar-refractivity contribution in [2.24, 2.45) is 11.7 Å². The summed E-state index contributed by atoms with van der Waals surface area (Å²) in [6.45, 7) is 3.50. The average molecular weight is 419 g/mol. The molecule has 0 aromatic heterocycles. The molecule has 4 atom stereocenters. The largest absolute Gasteiger partial charge is 0.480 e. The van der Waals surface area contributed by atoms with E-state index in [9.17, 15) is 24.3 Å². The third kappa shape index (κ3) is 6.64. The van der Waals surface area contributed by atoms with Gasteiger partial charge in [0.2, 0.25) is 17.7 Å². The molecule has 1 rings (SSSR count). The zero-order valence-corrected chi connectivity index (χ0v) is 17.0. The summed E-state index contributed by atoms with van der Waals surface area (Å²) in [6.07, 6.45) is 1.27.